The molecule has 0 spiro atoms. The number of aromatic nitrogens is 1. The summed E-state index contributed by atoms with van der Waals surface area (Å²) < 4.78 is 10.5. The molecule has 0 radical (unpaired) electrons. The summed E-state index contributed by atoms with van der Waals surface area (Å²) in [7, 11) is 1.69. The average molecular weight is 438 g/mol. The Bertz CT molecular complexity index is 447. The maximum Gasteiger partial charge on any atom is 0.191 e. The van der Waals surface area contributed by atoms with Gasteiger partial charge in [-0.05, 0) is 26.7 Å². The van der Waals surface area contributed by atoms with Crippen molar-refractivity contribution in [3.05, 3.63) is 17.5 Å². The van der Waals surface area contributed by atoms with Crippen LogP contribution in [0.5, 0.6) is 0 Å². The number of guanidine groups is 1. The molecule has 0 aliphatic carbocycles. The monoisotopic (exact) mass is 438 g/mol. The van der Waals surface area contributed by atoms with Crippen LogP contribution in [0.2, 0.25) is 0 Å². The number of nitrogens with zero attached hydrogens (tertiary/aromatic N) is 2. The first kappa shape index (κ1) is 22.2. The van der Waals surface area contributed by atoms with E-state index >= 15 is 0 Å². The highest BCUT2D eigenvalue weighted by molar-refractivity contribution is 14.0. The summed E-state index contributed by atoms with van der Waals surface area (Å²) >= 11 is 0. The minimum Gasteiger partial charge on any atom is -0.383 e. The highest BCUT2D eigenvalue weighted by Gasteiger charge is 2.13. The molecule has 0 fully saturated rings. The second-order valence-electron chi connectivity index (χ2n) is 5.43. The van der Waals surface area contributed by atoms with Gasteiger partial charge in [-0.15, -0.1) is 24.0 Å². The third kappa shape index (κ3) is 8.01. The van der Waals surface area contributed by atoms with Crippen LogP contribution in [0.4, 0.5) is 0 Å². The zero-order chi connectivity index (χ0) is 16.4. The summed E-state index contributed by atoms with van der Waals surface area (Å²) in [5.74, 6) is 2.01. The summed E-state index contributed by atoms with van der Waals surface area (Å²) in [6.45, 7) is 10.3. The fourth-order valence-corrected chi connectivity index (χ4v) is 2.30. The standard InChI is InChI=1S/C16H30N4O2.HI/c1-6-13(7-2)15-9-14(22-20-15)10-18-16(17-8-3)19-12(4)11-21-5;/h9,12-13H,6-8,10-11H2,1-5H3,(H2,17,18,19);1H. The van der Waals surface area contributed by atoms with Crippen molar-refractivity contribution in [2.45, 2.75) is 59.0 Å². The van der Waals surface area contributed by atoms with Gasteiger partial charge in [-0.2, -0.15) is 0 Å². The molecular formula is C16H31IN4O2. The Morgan fingerprint density at radius 3 is 2.61 bits per heavy atom. The van der Waals surface area contributed by atoms with Gasteiger partial charge in [-0.1, -0.05) is 19.0 Å². The fourth-order valence-electron chi connectivity index (χ4n) is 2.30. The number of nitrogens with one attached hydrogen (secondary N) is 2. The maximum absolute atomic E-state index is 5.39. The van der Waals surface area contributed by atoms with Gasteiger partial charge >= 0.3 is 0 Å². The molecule has 134 valence electrons. The normalized spacial score (nSPS) is 12.9. The molecule has 0 aromatic carbocycles. The maximum atomic E-state index is 5.39. The Kier molecular flexibility index (Phi) is 12.1. The molecule has 0 saturated heterocycles. The first-order valence-electron chi connectivity index (χ1n) is 8.13. The number of ether oxygens (including phenoxy) is 1. The molecule has 1 aromatic rings. The largest absolute Gasteiger partial charge is 0.383 e. The molecule has 1 unspecified atom stereocenters. The Balaban J connectivity index is 0.00000484. The van der Waals surface area contributed by atoms with Gasteiger partial charge in [-0.3, -0.25) is 0 Å². The van der Waals surface area contributed by atoms with Crippen molar-refractivity contribution < 1.29 is 9.26 Å². The molecule has 0 aliphatic heterocycles. The molecule has 0 aliphatic rings. The van der Waals surface area contributed by atoms with Gasteiger partial charge in [0.1, 0.15) is 6.54 Å². The van der Waals surface area contributed by atoms with E-state index in [2.05, 4.69) is 41.6 Å². The molecule has 2 N–H and O–H groups in total. The topological polar surface area (TPSA) is 71.7 Å². The third-order valence-corrected chi connectivity index (χ3v) is 3.52. The van der Waals surface area contributed by atoms with E-state index in [-0.39, 0.29) is 30.0 Å². The second kappa shape index (κ2) is 12.6. The SMILES string of the molecule is CCNC(=NCc1cc(C(CC)CC)no1)NC(C)COC.I. The van der Waals surface area contributed by atoms with Crippen LogP contribution in [-0.4, -0.2) is 37.4 Å². The van der Waals surface area contributed by atoms with Crippen molar-refractivity contribution in [1.82, 2.24) is 15.8 Å². The molecule has 1 aromatic heterocycles. The molecule has 6 nitrogen and oxygen atoms in total. The zero-order valence-corrected chi connectivity index (χ0v) is 17.2. The van der Waals surface area contributed by atoms with Crippen molar-refractivity contribution in [2.24, 2.45) is 4.99 Å². The van der Waals surface area contributed by atoms with Crippen molar-refractivity contribution in [3.63, 3.8) is 0 Å². The van der Waals surface area contributed by atoms with Crippen molar-refractivity contribution in [2.75, 3.05) is 20.3 Å². The zero-order valence-electron chi connectivity index (χ0n) is 14.9. The smallest absolute Gasteiger partial charge is 0.191 e. The first-order chi connectivity index (χ1) is 10.6. The van der Waals surface area contributed by atoms with Gasteiger partial charge in [0.15, 0.2) is 11.7 Å². The quantitative estimate of drug-likeness (QED) is 0.352. The predicted molar refractivity (Wildman–Crippen MR) is 105 cm³/mol. The number of hydrogen-bond acceptors (Lipinski definition) is 4. The van der Waals surface area contributed by atoms with Gasteiger partial charge < -0.3 is 19.9 Å². The van der Waals surface area contributed by atoms with Gasteiger partial charge in [0.2, 0.25) is 0 Å². The molecule has 7 heteroatoms. The van der Waals surface area contributed by atoms with E-state index in [1.165, 1.54) is 0 Å². The number of hydrogen-bond donors (Lipinski definition) is 2. The molecule has 0 saturated carbocycles. The number of halogens is 1. The lowest BCUT2D eigenvalue weighted by atomic mass is 9.99. The highest BCUT2D eigenvalue weighted by atomic mass is 127. The Morgan fingerprint density at radius 2 is 2.04 bits per heavy atom. The summed E-state index contributed by atoms with van der Waals surface area (Å²) in [5.41, 5.74) is 1.03. The van der Waals surface area contributed by atoms with E-state index in [1.807, 2.05) is 13.0 Å². The van der Waals surface area contributed by atoms with E-state index in [0.29, 0.717) is 19.1 Å². The van der Waals surface area contributed by atoms with Gasteiger partial charge in [0, 0.05) is 31.7 Å². The Labute approximate surface area is 156 Å². The molecule has 1 heterocycles. The first-order valence-corrected chi connectivity index (χ1v) is 8.13. The second-order valence-corrected chi connectivity index (χ2v) is 5.43. The summed E-state index contributed by atoms with van der Waals surface area (Å²) in [6.07, 6.45) is 2.15. The number of aliphatic imine (C=N–C) groups is 1. The molecule has 1 rings (SSSR count). The average Bonchev–Trinajstić information content (AvgIpc) is 2.95. The molecule has 0 amide bonds. The minimum absolute atomic E-state index is 0. The Morgan fingerprint density at radius 1 is 1.35 bits per heavy atom. The van der Waals surface area contributed by atoms with Crippen molar-refractivity contribution in [3.8, 4) is 0 Å². The van der Waals surface area contributed by atoms with Crippen LogP contribution < -0.4 is 10.6 Å². The van der Waals surface area contributed by atoms with Gasteiger partial charge in [0.25, 0.3) is 0 Å². The van der Waals surface area contributed by atoms with Crippen molar-refractivity contribution >= 4 is 29.9 Å². The highest BCUT2D eigenvalue weighted by Crippen LogP contribution is 2.22. The van der Waals surface area contributed by atoms with Crippen LogP contribution in [0.15, 0.2) is 15.6 Å². The van der Waals surface area contributed by atoms with E-state index in [4.69, 9.17) is 9.26 Å². The van der Waals surface area contributed by atoms with Crippen LogP contribution in [0.25, 0.3) is 0 Å². The van der Waals surface area contributed by atoms with Crippen LogP contribution in [0.1, 0.15) is 57.9 Å². The van der Waals surface area contributed by atoms with Crippen LogP contribution >= 0.6 is 24.0 Å². The molecule has 0 bridgehead atoms. The van der Waals surface area contributed by atoms with Gasteiger partial charge in [0.05, 0.1) is 12.3 Å². The predicted octanol–water partition coefficient (Wildman–Crippen LogP) is 3.29. The van der Waals surface area contributed by atoms with Crippen LogP contribution in [0, 0.1) is 0 Å². The fraction of sp³-hybridized carbons (Fsp3) is 0.750. The van der Waals surface area contributed by atoms with E-state index in [9.17, 15) is 0 Å². The number of rotatable bonds is 9. The minimum atomic E-state index is 0. The summed E-state index contributed by atoms with van der Waals surface area (Å²) in [4.78, 5) is 4.54. The lowest BCUT2D eigenvalue weighted by molar-refractivity contribution is 0.179. The third-order valence-electron chi connectivity index (χ3n) is 3.52. The van der Waals surface area contributed by atoms with Crippen LogP contribution in [-0.2, 0) is 11.3 Å². The molecule has 1 atom stereocenters. The van der Waals surface area contributed by atoms with Gasteiger partial charge in [-0.25, -0.2) is 4.99 Å². The van der Waals surface area contributed by atoms with Crippen LogP contribution in [0.3, 0.4) is 0 Å². The summed E-state index contributed by atoms with van der Waals surface area (Å²) in [5, 5.41) is 10.7. The Hall–Kier alpha value is -0.830. The van der Waals surface area contributed by atoms with E-state index in [1.54, 1.807) is 7.11 Å². The lowest BCUT2D eigenvalue weighted by Gasteiger charge is -2.16. The number of methoxy groups -OCH3 is 1. The molecular weight excluding hydrogens is 407 g/mol. The van der Waals surface area contributed by atoms with E-state index < -0.39 is 0 Å². The van der Waals surface area contributed by atoms with Crippen molar-refractivity contribution in [1.29, 1.82) is 0 Å². The molecule has 23 heavy (non-hydrogen) atoms. The summed E-state index contributed by atoms with van der Waals surface area (Å²) in [6, 6.07) is 2.21. The van der Waals surface area contributed by atoms with E-state index in [0.717, 1.165) is 36.8 Å². The lowest BCUT2D eigenvalue weighted by Crippen LogP contribution is -2.43.